The molecule has 0 spiro atoms. The summed E-state index contributed by atoms with van der Waals surface area (Å²) in [6.07, 6.45) is 0. The maximum atomic E-state index is 5.46. The van der Waals surface area contributed by atoms with Crippen LogP contribution in [0.25, 0.3) is 0 Å². The fourth-order valence-corrected chi connectivity index (χ4v) is 4.81. The molecular weight excluding hydrogens is 411 g/mol. The van der Waals surface area contributed by atoms with E-state index in [1.807, 2.05) is 23.7 Å². The van der Waals surface area contributed by atoms with E-state index in [1.165, 1.54) is 9.13 Å². The first-order valence-corrected chi connectivity index (χ1v) is 9.49. The molecule has 1 unspecified atom stereocenters. The summed E-state index contributed by atoms with van der Waals surface area (Å²) in [6, 6.07) is 14.5. The van der Waals surface area contributed by atoms with Crippen molar-refractivity contribution in [1.82, 2.24) is 0 Å². The van der Waals surface area contributed by atoms with Gasteiger partial charge in [0.1, 0.15) is 5.04 Å². The highest BCUT2D eigenvalue weighted by molar-refractivity contribution is 14.1. The van der Waals surface area contributed by atoms with E-state index in [9.17, 15) is 0 Å². The molecule has 112 valence electrons. The summed E-state index contributed by atoms with van der Waals surface area (Å²) in [5, 5.41) is 9.55. The minimum absolute atomic E-state index is 0.291. The third kappa shape index (κ3) is 2.72. The largest absolute Gasteiger partial charge is 0.454 e. The minimum Gasteiger partial charge on any atom is -0.454 e. The van der Waals surface area contributed by atoms with Crippen molar-refractivity contribution in [1.29, 1.82) is 0 Å². The van der Waals surface area contributed by atoms with E-state index in [0.29, 0.717) is 6.79 Å². The van der Waals surface area contributed by atoms with Gasteiger partial charge in [-0.2, -0.15) is 16.0 Å². The highest BCUT2D eigenvalue weighted by Crippen LogP contribution is 2.40. The molecule has 0 fully saturated rings. The van der Waals surface area contributed by atoms with Gasteiger partial charge in [0.2, 0.25) is 6.79 Å². The van der Waals surface area contributed by atoms with Crippen LogP contribution >= 0.6 is 33.5 Å². The van der Waals surface area contributed by atoms with Crippen LogP contribution in [-0.2, 0) is 5.75 Å². The standard InChI is InChI=1S/C16H13IN2O2S/c17-13-3-1-2-11(6-13)8-22-9-18-19-16(22)12-4-5-14-15(7-12)21-10-20-14/h1-7,9,22H,8,10H2. The van der Waals surface area contributed by atoms with Crippen molar-refractivity contribution in [3.63, 3.8) is 0 Å². The number of ether oxygens (including phenoxy) is 2. The summed E-state index contributed by atoms with van der Waals surface area (Å²) in [5.74, 6) is 2.55. The van der Waals surface area contributed by atoms with Gasteiger partial charge in [0, 0.05) is 14.9 Å². The number of thiol groups is 1. The second-order valence-electron chi connectivity index (χ2n) is 4.98. The van der Waals surface area contributed by atoms with E-state index in [1.54, 1.807) is 0 Å². The van der Waals surface area contributed by atoms with Crippen molar-refractivity contribution in [3.05, 3.63) is 57.2 Å². The summed E-state index contributed by atoms with van der Waals surface area (Å²) < 4.78 is 12.1. The van der Waals surface area contributed by atoms with Crippen LogP contribution in [0.3, 0.4) is 0 Å². The molecule has 0 N–H and O–H groups in total. The van der Waals surface area contributed by atoms with Gasteiger partial charge >= 0.3 is 0 Å². The first-order valence-electron chi connectivity index (χ1n) is 6.82. The molecule has 2 heterocycles. The lowest BCUT2D eigenvalue weighted by Crippen LogP contribution is -2.02. The van der Waals surface area contributed by atoms with Crippen LogP contribution in [0, 0.1) is 3.57 Å². The zero-order valence-corrected chi connectivity index (χ0v) is 14.6. The van der Waals surface area contributed by atoms with Gasteiger partial charge in [-0.15, -0.1) is 5.10 Å². The van der Waals surface area contributed by atoms with Crippen molar-refractivity contribution in [2.24, 2.45) is 10.2 Å². The SMILES string of the molecule is Ic1cccc(C[SH]2C=NN=C2c2ccc3c(c2)OCO3)c1. The highest BCUT2D eigenvalue weighted by Gasteiger charge is 2.21. The van der Waals surface area contributed by atoms with Gasteiger partial charge in [-0.3, -0.25) is 0 Å². The molecule has 0 bridgehead atoms. The molecular formula is C16H13IN2O2S. The van der Waals surface area contributed by atoms with Gasteiger partial charge in [0.25, 0.3) is 0 Å². The first kappa shape index (κ1) is 14.1. The maximum Gasteiger partial charge on any atom is 0.231 e. The lowest BCUT2D eigenvalue weighted by molar-refractivity contribution is 0.174. The third-order valence-electron chi connectivity index (χ3n) is 3.49. The van der Waals surface area contributed by atoms with Crippen LogP contribution in [0.2, 0.25) is 0 Å². The second kappa shape index (κ2) is 5.92. The van der Waals surface area contributed by atoms with E-state index < -0.39 is 10.9 Å². The molecule has 2 aliphatic heterocycles. The van der Waals surface area contributed by atoms with E-state index in [2.05, 4.69) is 57.1 Å². The van der Waals surface area contributed by atoms with E-state index in [4.69, 9.17) is 9.47 Å². The van der Waals surface area contributed by atoms with Gasteiger partial charge < -0.3 is 9.47 Å². The Hall–Kier alpha value is -1.54. The second-order valence-corrected chi connectivity index (χ2v) is 8.14. The summed E-state index contributed by atoms with van der Waals surface area (Å²) >= 11 is 2.34. The molecule has 2 aromatic carbocycles. The van der Waals surface area contributed by atoms with E-state index in [0.717, 1.165) is 27.9 Å². The van der Waals surface area contributed by atoms with Crippen LogP contribution in [0.4, 0.5) is 0 Å². The summed E-state index contributed by atoms with van der Waals surface area (Å²) in [4.78, 5) is 0. The van der Waals surface area contributed by atoms with Crippen molar-refractivity contribution in [3.8, 4) is 11.5 Å². The predicted octanol–water partition coefficient (Wildman–Crippen LogP) is 3.92. The van der Waals surface area contributed by atoms with Crippen LogP contribution in [0.5, 0.6) is 11.5 Å². The Morgan fingerprint density at radius 1 is 1.09 bits per heavy atom. The molecule has 22 heavy (non-hydrogen) atoms. The summed E-state index contributed by atoms with van der Waals surface area (Å²) in [6.45, 7) is 0.291. The number of halogens is 1. The Morgan fingerprint density at radius 2 is 2.00 bits per heavy atom. The molecule has 1 atom stereocenters. The van der Waals surface area contributed by atoms with Crippen LogP contribution < -0.4 is 9.47 Å². The molecule has 6 heteroatoms. The Kier molecular flexibility index (Phi) is 3.79. The fraction of sp³-hybridized carbons (Fsp3) is 0.125. The average Bonchev–Trinajstić information content (AvgIpc) is 3.15. The van der Waals surface area contributed by atoms with Crippen LogP contribution in [0.15, 0.2) is 52.7 Å². The van der Waals surface area contributed by atoms with Gasteiger partial charge in [0.05, 0.1) is 5.55 Å². The molecule has 0 saturated heterocycles. The number of hydrogen-bond donors (Lipinski definition) is 1. The average molecular weight is 424 g/mol. The lowest BCUT2D eigenvalue weighted by Gasteiger charge is -2.15. The molecule has 0 saturated carbocycles. The number of hydrogen-bond acceptors (Lipinski definition) is 4. The minimum atomic E-state index is -0.521. The Morgan fingerprint density at radius 3 is 2.91 bits per heavy atom. The number of rotatable bonds is 3. The monoisotopic (exact) mass is 424 g/mol. The van der Waals surface area contributed by atoms with Crippen molar-refractivity contribution in [2.45, 2.75) is 5.75 Å². The van der Waals surface area contributed by atoms with Crippen LogP contribution in [0.1, 0.15) is 11.1 Å². The van der Waals surface area contributed by atoms with Gasteiger partial charge in [-0.1, -0.05) is 12.1 Å². The molecule has 0 amide bonds. The van der Waals surface area contributed by atoms with Crippen molar-refractivity contribution < 1.29 is 9.47 Å². The summed E-state index contributed by atoms with van der Waals surface area (Å²) in [7, 11) is -0.521. The Bertz CT molecular complexity index is 791. The topological polar surface area (TPSA) is 43.2 Å². The number of nitrogens with zero attached hydrogens (tertiary/aromatic N) is 2. The maximum absolute atomic E-state index is 5.46. The zero-order valence-electron chi connectivity index (χ0n) is 11.6. The molecule has 0 aromatic heterocycles. The lowest BCUT2D eigenvalue weighted by atomic mass is 10.2. The van der Waals surface area contributed by atoms with Gasteiger partial charge in [0.15, 0.2) is 11.5 Å². The predicted molar refractivity (Wildman–Crippen MR) is 99.4 cm³/mol. The fourth-order valence-electron chi connectivity index (χ4n) is 2.46. The Labute approximate surface area is 144 Å². The number of benzene rings is 2. The van der Waals surface area contributed by atoms with Gasteiger partial charge in [-0.25, -0.2) is 0 Å². The smallest absolute Gasteiger partial charge is 0.231 e. The normalized spacial score (nSPS) is 20.2. The molecule has 0 aliphatic carbocycles. The highest BCUT2D eigenvalue weighted by atomic mass is 127. The molecule has 2 aromatic rings. The molecule has 2 aliphatic rings. The van der Waals surface area contributed by atoms with Gasteiger partial charge in [-0.05, 0) is 58.5 Å². The molecule has 4 nitrogen and oxygen atoms in total. The zero-order chi connectivity index (χ0) is 14.9. The van der Waals surface area contributed by atoms with Crippen molar-refractivity contribution in [2.75, 3.05) is 6.79 Å². The molecule has 4 rings (SSSR count). The van der Waals surface area contributed by atoms with E-state index >= 15 is 0 Å². The van der Waals surface area contributed by atoms with Crippen molar-refractivity contribution >= 4 is 44.1 Å². The number of fused-ring (bicyclic) bond motifs is 1. The Balaban J connectivity index is 1.59. The quantitative estimate of drug-likeness (QED) is 0.600. The van der Waals surface area contributed by atoms with Crippen LogP contribution in [-0.4, -0.2) is 17.4 Å². The van der Waals surface area contributed by atoms with E-state index in [-0.39, 0.29) is 0 Å². The third-order valence-corrected chi connectivity index (χ3v) is 6.14. The molecule has 0 radical (unpaired) electrons. The first-order chi connectivity index (χ1) is 10.8. The summed E-state index contributed by atoms with van der Waals surface area (Å²) in [5.41, 5.74) is 4.37.